The molecular weight excluding hydrogens is 260 g/mol. The number of hydrogen-bond donors (Lipinski definition) is 0. The highest BCUT2D eigenvalue weighted by atomic mass is 16.5. The second-order valence-electron chi connectivity index (χ2n) is 4.91. The first-order valence-corrected chi connectivity index (χ1v) is 6.61. The van der Waals surface area contributed by atoms with Gasteiger partial charge >= 0.3 is 0 Å². The summed E-state index contributed by atoms with van der Waals surface area (Å²) in [6.07, 6.45) is 4.77. The fraction of sp³-hybridized carbons (Fsp3) is 0.583. The summed E-state index contributed by atoms with van der Waals surface area (Å²) in [6, 6.07) is -0.489. The van der Waals surface area contributed by atoms with E-state index in [0.29, 0.717) is 18.3 Å². The van der Waals surface area contributed by atoms with E-state index in [-0.39, 0.29) is 18.0 Å². The van der Waals surface area contributed by atoms with Gasteiger partial charge in [0.05, 0.1) is 6.04 Å². The predicted octanol–water partition coefficient (Wildman–Crippen LogP) is 0.894. The monoisotopic (exact) mass is 276 g/mol. The quantitative estimate of drug-likeness (QED) is 0.827. The third-order valence-corrected chi connectivity index (χ3v) is 3.57. The molecule has 3 rings (SSSR count). The van der Waals surface area contributed by atoms with Gasteiger partial charge in [-0.1, -0.05) is 5.16 Å². The minimum absolute atomic E-state index is 0.000420. The van der Waals surface area contributed by atoms with Crippen molar-refractivity contribution >= 4 is 5.91 Å². The SMILES string of the molecule is Cc1nc([C@H]2CCCN2C(=O)[C@@H](C)n2cncn2)no1. The van der Waals surface area contributed by atoms with Gasteiger partial charge in [-0.05, 0) is 19.8 Å². The third-order valence-electron chi connectivity index (χ3n) is 3.57. The van der Waals surface area contributed by atoms with Crippen LogP contribution in [0, 0.1) is 6.92 Å². The molecule has 2 aromatic rings. The smallest absolute Gasteiger partial charge is 0.247 e. The summed E-state index contributed by atoms with van der Waals surface area (Å²) in [5.41, 5.74) is 0. The van der Waals surface area contributed by atoms with E-state index >= 15 is 0 Å². The van der Waals surface area contributed by atoms with Gasteiger partial charge in [0.15, 0.2) is 5.82 Å². The van der Waals surface area contributed by atoms with E-state index < -0.39 is 0 Å². The van der Waals surface area contributed by atoms with Crippen molar-refractivity contribution in [3.8, 4) is 0 Å². The van der Waals surface area contributed by atoms with E-state index in [2.05, 4.69) is 20.2 Å². The normalized spacial score (nSPS) is 20.3. The Morgan fingerprint density at radius 1 is 1.55 bits per heavy atom. The second kappa shape index (κ2) is 5.03. The maximum atomic E-state index is 12.6. The Labute approximate surface area is 115 Å². The van der Waals surface area contributed by atoms with Crippen LogP contribution in [0.25, 0.3) is 0 Å². The summed E-state index contributed by atoms with van der Waals surface area (Å²) in [4.78, 5) is 22.5. The van der Waals surface area contributed by atoms with Gasteiger partial charge in [-0.2, -0.15) is 10.1 Å². The maximum Gasteiger partial charge on any atom is 0.247 e. The Morgan fingerprint density at radius 2 is 2.40 bits per heavy atom. The van der Waals surface area contributed by atoms with Crippen LogP contribution >= 0.6 is 0 Å². The molecule has 8 nitrogen and oxygen atoms in total. The number of amides is 1. The van der Waals surface area contributed by atoms with Gasteiger partial charge in [-0.3, -0.25) is 4.79 Å². The Kier molecular flexibility index (Phi) is 3.21. The minimum atomic E-state index is -0.383. The lowest BCUT2D eigenvalue weighted by Gasteiger charge is -2.25. The summed E-state index contributed by atoms with van der Waals surface area (Å²) < 4.78 is 6.57. The zero-order valence-corrected chi connectivity index (χ0v) is 11.4. The predicted molar refractivity (Wildman–Crippen MR) is 67.5 cm³/mol. The van der Waals surface area contributed by atoms with Crippen LogP contribution in [0.2, 0.25) is 0 Å². The molecule has 1 aliphatic heterocycles. The van der Waals surface area contributed by atoms with Crippen LogP contribution in [-0.2, 0) is 4.79 Å². The van der Waals surface area contributed by atoms with Gasteiger partial charge < -0.3 is 9.42 Å². The van der Waals surface area contributed by atoms with Gasteiger partial charge in [0.25, 0.3) is 0 Å². The molecule has 8 heteroatoms. The highest BCUT2D eigenvalue weighted by Crippen LogP contribution is 2.31. The zero-order valence-electron chi connectivity index (χ0n) is 11.4. The average Bonchev–Trinajstić information content (AvgIpc) is 3.17. The first-order chi connectivity index (χ1) is 9.66. The minimum Gasteiger partial charge on any atom is -0.340 e. The van der Waals surface area contributed by atoms with Crippen LogP contribution in [-0.4, -0.2) is 42.3 Å². The second-order valence-corrected chi connectivity index (χ2v) is 4.91. The lowest BCUT2D eigenvalue weighted by atomic mass is 10.2. The number of hydrogen-bond acceptors (Lipinski definition) is 6. The van der Waals surface area contributed by atoms with Crippen LogP contribution in [0.5, 0.6) is 0 Å². The van der Waals surface area contributed by atoms with Crippen molar-refractivity contribution < 1.29 is 9.32 Å². The van der Waals surface area contributed by atoms with Crippen molar-refractivity contribution in [2.24, 2.45) is 0 Å². The Hall–Kier alpha value is -2.25. The summed E-state index contributed by atoms with van der Waals surface area (Å²) in [7, 11) is 0. The number of carbonyl (C=O) groups is 1. The molecule has 20 heavy (non-hydrogen) atoms. The molecule has 0 spiro atoms. The van der Waals surface area contributed by atoms with Crippen LogP contribution in [0.4, 0.5) is 0 Å². The fourth-order valence-corrected chi connectivity index (χ4v) is 2.52. The molecule has 0 unspecified atom stereocenters. The first kappa shape index (κ1) is 12.8. The number of nitrogens with zero attached hydrogens (tertiary/aromatic N) is 6. The Balaban J connectivity index is 1.80. The molecular formula is C12H16N6O2. The fourth-order valence-electron chi connectivity index (χ4n) is 2.52. The number of aryl methyl sites for hydroxylation is 1. The molecule has 3 heterocycles. The van der Waals surface area contributed by atoms with Gasteiger partial charge in [0.1, 0.15) is 18.7 Å². The molecule has 1 amide bonds. The van der Waals surface area contributed by atoms with E-state index in [1.54, 1.807) is 22.8 Å². The molecule has 0 radical (unpaired) electrons. The number of aromatic nitrogens is 5. The van der Waals surface area contributed by atoms with Crippen LogP contribution < -0.4 is 0 Å². The Bertz CT molecular complexity index is 593. The molecule has 0 bridgehead atoms. The van der Waals surface area contributed by atoms with Gasteiger partial charge in [0.2, 0.25) is 11.8 Å². The highest BCUT2D eigenvalue weighted by molar-refractivity contribution is 5.80. The van der Waals surface area contributed by atoms with Crippen molar-refractivity contribution in [2.45, 2.75) is 38.8 Å². The van der Waals surface area contributed by atoms with E-state index in [9.17, 15) is 4.79 Å². The summed E-state index contributed by atoms with van der Waals surface area (Å²) >= 11 is 0. The summed E-state index contributed by atoms with van der Waals surface area (Å²) in [5, 5.41) is 7.96. The van der Waals surface area contributed by atoms with E-state index in [4.69, 9.17) is 4.52 Å². The van der Waals surface area contributed by atoms with Crippen LogP contribution in [0.15, 0.2) is 17.2 Å². The molecule has 2 atom stereocenters. The zero-order chi connectivity index (χ0) is 14.1. The standard InChI is InChI=1S/C12H16N6O2/c1-8(18-7-13-6-14-18)12(19)17-5-3-4-10(17)11-15-9(2)20-16-11/h6-8,10H,3-5H2,1-2H3/t8-,10-/m1/s1. The lowest BCUT2D eigenvalue weighted by Crippen LogP contribution is -2.36. The van der Waals surface area contributed by atoms with Crippen molar-refractivity contribution in [1.82, 2.24) is 29.8 Å². The van der Waals surface area contributed by atoms with Crippen molar-refractivity contribution in [3.05, 3.63) is 24.4 Å². The van der Waals surface area contributed by atoms with E-state index in [1.165, 1.54) is 6.33 Å². The van der Waals surface area contributed by atoms with E-state index in [1.807, 2.05) is 6.92 Å². The summed E-state index contributed by atoms with van der Waals surface area (Å²) in [6.45, 7) is 4.26. The largest absolute Gasteiger partial charge is 0.340 e. The van der Waals surface area contributed by atoms with E-state index in [0.717, 1.165) is 12.8 Å². The third kappa shape index (κ3) is 2.17. The first-order valence-electron chi connectivity index (χ1n) is 6.61. The molecule has 1 fully saturated rings. The van der Waals surface area contributed by atoms with Gasteiger partial charge in [0, 0.05) is 13.5 Å². The molecule has 0 N–H and O–H groups in total. The number of likely N-dealkylation sites (tertiary alicyclic amines) is 1. The molecule has 1 aliphatic rings. The highest BCUT2D eigenvalue weighted by Gasteiger charge is 2.35. The van der Waals surface area contributed by atoms with Crippen molar-refractivity contribution in [1.29, 1.82) is 0 Å². The summed E-state index contributed by atoms with van der Waals surface area (Å²) in [5.74, 6) is 1.10. The molecule has 0 aromatic carbocycles. The number of carbonyl (C=O) groups excluding carboxylic acids is 1. The van der Waals surface area contributed by atoms with Gasteiger partial charge in [-0.25, -0.2) is 9.67 Å². The average molecular weight is 276 g/mol. The molecule has 2 aromatic heterocycles. The van der Waals surface area contributed by atoms with Crippen LogP contribution in [0.1, 0.15) is 43.6 Å². The Morgan fingerprint density at radius 3 is 3.05 bits per heavy atom. The molecule has 1 saturated heterocycles. The molecule has 0 saturated carbocycles. The van der Waals surface area contributed by atoms with Crippen molar-refractivity contribution in [2.75, 3.05) is 6.54 Å². The molecule has 0 aliphatic carbocycles. The maximum absolute atomic E-state index is 12.6. The van der Waals surface area contributed by atoms with Crippen LogP contribution in [0.3, 0.4) is 0 Å². The van der Waals surface area contributed by atoms with Crippen molar-refractivity contribution in [3.63, 3.8) is 0 Å². The van der Waals surface area contributed by atoms with Gasteiger partial charge in [-0.15, -0.1) is 0 Å². The topological polar surface area (TPSA) is 89.9 Å². The molecule has 106 valence electrons. The lowest BCUT2D eigenvalue weighted by molar-refractivity contribution is -0.135. The number of rotatable bonds is 3.